The van der Waals surface area contributed by atoms with Gasteiger partial charge in [-0.2, -0.15) is 0 Å². The summed E-state index contributed by atoms with van der Waals surface area (Å²) in [5.41, 5.74) is 6.42. The summed E-state index contributed by atoms with van der Waals surface area (Å²) in [6.07, 6.45) is 1.30. The summed E-state index contributed by atoms with van der Waals surface area (Å²) in [6.45, 7) is 4.08. The number of nitrogens with one attached hydrogen (secondary N) is 1. The molecular weight excluding hydrogens is 280 g/mol. The Bertz CT molecular complexity index is 381. The summed E-state index contributed by atoms with van der Waals surface area (Å²) in [6, 6.07) is 8.59. The molecule has 4 heteroatoms. The minimum absolute atomic E-state index is 0.116. The maximum atomic E-state index is 10.8. The molecular formula is C13H19BrN2O. The second kappa shape index (κ2) is 6.77. The molecule has 0 unspecified atom stereocenters. The Balaban J connectivity index is 2.47. The molecule has 0 spiro atoms. The second-order valence-electron chi connectivity index (χ2n) is 4.43. The number of hydrogen-bond donors (Lipinski definition) is 2. The molecule has 0 saturated carbocycles. The van der Waals surface area contributed by atoms with Crippen molar-refractivity contribution in [3.05, 3.63) is 34.3 Å². The highest BCUT2D eigenvalue weighted by atomic mass is 79.9. The maximum absolute atomic E-state index is 10.8. The molecule has 1 rings (SSSR count). The lowest BCUT2D eigenvalue weighted by Gasteiger charge is -2.19. The number of hydrogen-bond acceptors (Lipinski definition) is 2. The topological polar surface area (TPSA) is 55.1 Å². The van der Waals surface area contributed by atoms with E-state index in [9.17, 15) is 4.79 Å². The fraction of sp³-hybridized carbons (Fsp3) is 0.462. The minimum atomic E-state index is -0.266. The van der Waals surface area contributed by atoms with Crippen LogP contribution in [0.5, 0.6) is 0 Å². The van der Waals surface area contributed by atoms with Gasteiger partial charge in [0, 0.05) is 23.0 Å². The summed E-state index contributed by atoms with van der Waals surface area (Å²) in [5, 5.41) is 3.37. The molecule has 17 heavy (non-hydrogen) atoms. The van der Waals surface area contributed by atoms with Crippen molar-refractivity contribution in [1.82, 2.24) is 5.32 Å². The molecule has 1 aromatic carbocycles. The smallest absolute Gasteiger partial charge is 0.218 e. The fourth-order valence-corrected chi connectivity index (χ4v) is 2.35. The third-order valence-corrected chi connectivity index (χ3v) is 3.33. The lowest BCUT2D eigenvalue weighted by molar-refractivity contribution is -0.118. The Labute approximate surface area is 111 Å². The monoisotopic (exact) mass is 298 g/mol. The number of rotatable bonds is 6. The fourth-order valence-electron chi connectivity index (χ4n) is 1.90. The molecule has 0 bridgehead atoms. The number of nitrogens with two attached hydrogens (primary N) is 1. The standard InChI is InChI=1S/C13H19BrN2O/c1-9(16-10(2)8-13(15)17)7-11-5-3-4-6-12(11)14/h3-6,9-10,16H,7-8H2,1-2H3,(H2,15,17)/t9-,10+/m1/s1. The van der Waals surface area contributed by atoms with E-state index in [-0.39, 0.29) is 11.9 Å². The third kappa shape index (κ3) is 5.33. The van der Waals surface area contributed by atoms with Crippen LogP contribution in [0.2, 0.25) is 0 Å². The molecule has 1 amide bonds. The van der Waals surface area contributed by atoms with Gasteiger partial charge in [0.15, 0.2) is 0 Å². The average Bonchev–Trinajstić information content (AvgIpc) is 2.19. The molecule has 0 fully saturated rings. The van der Waals surface area contributed by atoms with E-state index in [1.54, 1.807) is 0 Å². The van der Waals surface area contributed by atoms with Gasteiger partial charge in [-0.05, 0) is 31.9 Å². The Morgan fingerprint density at radius 3 is 2.59 bits per heavy atom. The van der Waals surface area contributed by atoms with E-state index in [1.165, 1.54) is 5.56 Å². The van der Waals surface area contributed by atoms with Crippen LogP contribution in [0.1, 0.15) is 25.8 Å². The van der Waals surface area contributed by atoms with Gasteiger partial charge in [-0.3, -0.25) is 4.79 Å². The molecule has 0 aliphatic carbocycles. The molecule has 0 aliphatic rings. The summed E-state index contributed by atoms with van der Waals surface area (Å²) < 4.78 is 1.12. The van der Waals surface area contributed by atoms with Crippen LogP contribution in [0.15, 0.2) is 28.7 Å². The van der Waals surface area contributed by atoms with Crippen LogP contribution >= 0.6 is 15.9 Å². The van der Waals surface area contributed by atoms with E-state index >= 15 is 0 Å². The highest BCUT2D eigenvalue weighted by Gasteiger charge is 2.11. The molecule has 0 aromatic heterocycles. The number of amides is 1. The van der Waals surface area contributed by atoms with Crippen molar-refractivity contribution in [2.24, 2.45) is 5.73 Å². The molecule has 0 radical (unpaired) electrons. The van der Waals surface area contributed by atoms with Crippen molar-refractivity contribution in [3.8, 4) is 0 Å². The van der Waals surface area contributed by atoms with Crippen LogP contribution in [0.4, 0.5) is 0 Å². The van der Waals surface area contributed by atoms with Crippen LogP contribution < -0.4 is 11.1 Å². The molecule has 2 atom stereocenters. The average molecular weight is 299 g/mol. The minimum Gasteiger partial charge on any atom is -0.370 e. The van der Waals surface area contributed by atoms with Crippen molar-refractivity contribution >= 4 is 21.8 Å². The van der Waals surface area contributed by atoms with Gasteiger partial charge in [0.1, 0.15) is 0 Å². The summed E-state index contributed by atoms with van der Waals surface area (Å²) in [4.78, 5) is 10.8. The van der Waals surface area contributed by atoms with E-state index in [0.29, 0.717) is 12.5 Å². The first-order valence-electron chi connectivity index (χ1n) is 5.76. The molecule has 1 aromatic rings. The van der Waals surface area contributed by atoms with Crippen LogP contribution in [-0.4, -0.2) is 18.0 Å². The molecule has 0 saturated heterocycles. The van der Waals surface area contributed by atoms with Gasteiger partial charge in [0.2, 0.25) is 5.91 Å². The largest absolute Gasteiger partial charge is 0.370 e. The number of halogens is 1. The van der Waals surface area contributed by atoms with Crippen LogP contribution in [0.3, 0.4) is 0 Å². The Morgan fingerprint density at radius 1 is 1.35 bits per heavy atom. The first-order chi connectivity index (χ1) is 7.99. The lowest BCUT2D eigenvalue weighted by atomic mass is 10.1. The zero-order chi connectivity index (χ0) is 12.8. The maximum Gasteiger partial charge on any atom is 0.218 e. The van der Waals surface area contributed by atoms with Gasteiger partial charge in [0.05, 0.1) is 0 Å². The van der Waals surface area contributed by atoms with Gasteiger partial charge in [-0.25, -0.2) is 0 Å². The van der Waals surface area contributed by atoms with Crippen molar-refractivity contribution in [2.75, 3.05) is 0 Å². The van der Waals surface area contributed by atoms with Gasteiger partial charge in [0.25, 0.3) is 0 Å². The van der Waals surface area contributed by atoms with Crippen molar-refractivity contribution in [2.45, 2.75) is 38.8 Å². The first kappa shape index (κ1) is 14.2. The predicted molar refractivity (Wildman–Crippen MR) is 73.7 cm³/mol. The zero-order valence-corrected chi connectivity index (χ0v) is 11.8. The van der Waals surface area contributed by atoms with Gasteiger partial charge < -0.3 is 11.1 Å². The Kier molecular flexibility index (Phi) is 5.65. The van der Waals surface area contributed by atoms with E-state index in [0.717, 1.165) is 10.9 Å². The summed E-state index contributed by atoms with van der Waals surface area (Å²) in [5.74, 6) is -0.266. The van der Waals surface area contributed by atoms with Gasteiger partial charge >= 0.3 is 0 Å². The van der Waals surface area contributed by atoms with E-state index in [4.69, 9.17) is 5.73 Å². The zero-order valence-electron chi connectivity index (χ0n) is 10.2. The Morgan fingerprint density at radius 2 is 2.00 bits per heavy atom. The van der Waals surface area contributed by atoms with Crippen molar-refractivity contribution < 1.29 is 4.79 Å². The van der Waals surface area contributed by atoms with Gasteiger partial charge in [-0.15, -0.1) is 0 Å². The van der Waals surface area contributed by atoms with E-state index < -0.39 is 0 Å². The predicted octanol–water partition coefficient (Wildman–Crippen LogP) is 2.23. The normalized spacial score (nSPS) is 14.3. The van der Waals surface area contributed by atoms with Crippen molar-refractivity contribution in [1.29, 1.82) is 0 Å². The van der Waals surface area contributed by atoms with Gasteiger partial charge in [-0.1, -0.05) is 34.1 Å². The van der Waals surface area contributed by atoms with E-state index in [2.05, 4.69) is 34.2 Å². The van der Waals surface area contributed by atoms with Crippen LogP contribution in [0, 0.1) is 0 Å². The number of primary amides is 1. The second-order valence-corrected chi connectivity index (χ2v) is 5.29. The Hall–Kier alpha value is -0.870. The van der Waals surface area contributed by atoms with Crippen molar-refractivity contribution in [3.63, 3.8) is 0 Å². The third-order valence-electron chi connectivity index (χ3n) is 2.56. The molecule has 94 valence electrons. The molecule has 0 heterocycles. The quantitative estimate of drug-likeness (QED) is 0.846. The summed E-state index contributed by atoms with van der Waals surface area (Å²) >= 11 is 3.53. The number of carbonyl (C=O) groups is 1. The number of benzene rings is 1. The first-order valence-corrected chi connectivity index (χ1v) is 6.56. The van der Waals surface area contributed by atoms with Crippen LogP contribution in [0.25, 0.3) is 0 Å². The lowest BCUT2D eigenvalue weighted by Crippen LogP contribution is -2.38. The highest BCUT2D eigenvalue weighted by Crippen LogP contribution is 2.17. The molecule has 3 nitrogen and oxygen atoms in total. The molecule has 3 N–H and O–H groups in total. The molecule has 0 aliphatic heterocycles. The highest BCUT2D eigenvalue weighted by molar-refractivity contribution is 9.10. The van der Waals surface area contributed by atoms with E-state index in [1.807, 2.05) is 25.1 Å². The van der Waals surface area contributed by atoms with Crippen LogP contribution in [-0.2, 0) is 11.2 Å². The SMILES string of the molecule is C[C@H](Cc1ccccc1Br)N[C@@H](C)CC(N)=O. The number of carbonyl (C=O) groups excluding carboxylic acids is 1. The summed E-state index contributed by atoms with van der Waals surface area (Å²) in [7, 11) is 0.